The molecule has 0 atom stereocenters. The van der Waals surface area contributed by atoms with Crippen LogP contribution in [0.5, 0.6) is 0 Å². The van der Waals surface area contributed by atoms with Gasteiger partial charge in [-0.15, -0.1) is 0 Å². The molecule has 22 aromatic carbocycles. The van der Waals surface area contributed by atoms with Crippen LogP contribution in [0.25, 0.3) is 199 Å². The summed E-state index contributed by atoms with van der Waals surface area (Å²) in [4.78, 5) is 0. The molecule has 0 spiro atoms. The van der Waals surface area contributed by atoms with E-state index in [9.17, 15) is 0 Å². The minimum atomic E-state index is -0.575. The summed E-state index contributed by atoms with van der Waals surface area (Å²) < 4.78 is 9.90. The number of hydrogen-bond donors (Lipinski definition) is 0. The van der Waals surface area contributed by atoms with Gasteiger partial charge in [-0.25, -0.2) is 0 Å². The normalized spacial score (nSPS) is 12.8. The molecule has 28 rings (SSSR count). The molecule has 4 aromatic heterocycles. The lowest BCUT2D eigenvalue weighted by Crippen LogP contribution is -2.29. The van der Waals surface area contributed by atoms with Crippen molar-refractivity contribution in [3.63, 3.8) is 0 Å². The van der Waals surface area contributed by atoms with Crippen LogP contribution in [-0.4, -0.2) is 18.3 Å². The monoisotopic (exact) mass is 1750 g/mol. The maximum Gasteiger partial charge on any atom is 0.0734 e. The summed E-state index contributed by atoms with van der Waals surface area (Å²) >= 11 is 0. The van der Waals surface area contributed by atoms with Gasteiger partial charge in [-0.2, -0.15) is 0 Å². The fourth-order valence-electron chi connectivity index (χ4n) is 23.6. The molecule has 2 aliphatic carbocycles. The Labute approximate surface area is 800 Å². The molecule has 26 aromatic rings. The number of hydrogen-bond acceptors (Lipinski definition) is 0. The van der Waals surface area contributed by atoms with Crippen LogP contribution >= 0.6 is 0 Å². The first-order chi connectivity index (χ1) is 68.5. The van der Waals surface area contributed by atoms with Crippen molar-refractivity contribution in [1.29, 1.82) is 0 Å². The lowest BCUT2D eigenvalue weighted by molar-refractivity contribution is 0.769. The number of rotatable bonds is 14. The molecular weight excluding hydrogens is 1670 g/mol. The zero-order valence-corrected chi connectivity index (χ0v) is 75.6. The van der Waals surface area contributed by atoms with Crippen LogP contribution in [0.15, 0.2) is 534 Å². The standard InChI is InChI=1S/2C67H44N2/c1-5-17-45(18-6-1)47-29-35-53(36-30-47)68-62-28-16-14-25-55(62)58-43-49(33-41-63(58)68)50-34-42-64-59(44-50)56-39-40-61-65(66(56)69(64)54-37-31-48(32-38-54)46-19-7-2-8-20-46)57-26-13-15-27-60(57)67(61,51-21-9-3-10-22-51)52-23-11-4-12-24-52;1-5-17-45(18-6-1)47-29-35-53(36-30-47)68-62-28-16-14-26-56(62)59-43-49(33-41-63(59)68)50-34-42-64-60(44-50)58-40-39-57-55-25-13-15-27-61(55)67(51-21-9-3-10-22-51,52-23-11-4-12-24-52)65(57)66(58)69(64)54-37-31-48(32-38-54)46-19-7-2-8-20-46/h2*1-44H. The Hall–Kier alpha value is -18.0. The predicted octanol–water partition coefficient (Wildman–Crippen LogP) is 34.5. The molecule has 0 N–H and O–H groups in total. The van der Waals surface area contributed by atoms with Crippen LogP contribution < -0.4 is 0 Å². The second-order valence-corrected chi connectivity index (χ2v) is 36.8. The maximum atomic E-state index is 2.55. The Morgan fingerprint density at radius 1 is 0.138 bits per heavy atom. The van der Waals surface area contributed by atoms with Crippen LogP contribution in [0.3, 0.4) is 0 Å². The predicted molar refractivity (Wildman–Crippen MR) is 577 cm³/mol. The van der Waals surface area contributed by atoms with Crippen molar-refractivity contribution < 1.29 is 0 Å². The summed E-state index contributed by atoms with van der Waals surface area (Å²) in [6.07, 6.45) is 0. The van der Waals surface area contributed by atoms with Crippen molar-refractivity contribution in [1.82, 2.24) is 18.3 Å². The SMILES string of the molecule is c1ccc(-c2ccc(-n3c4ccccc4c4cc(-c5ccc6c(c5)c5ccc7c(c5n6-c5ccc(-c6ccccc6)cc5)-c5ccccc5C7(c5ccccc5)c5ccccc5)ccc43)cc2)cc1.c1ccc(-c2ccc(-n3c4ccccc4c4cc(-c5ccc6c(c5)c5ccc7c(c5n6-c5ccc(-c6ccccc6)cc5)C(c5ccccc5)(c5ccccc5)c5ccccc5-7)ccc43)cc2)cc1. The molecule has 4 nitrogen and oxygen atoms in total. The van der Waals surface area contributed by atoms with Gasteiger partial charge in [0.25, 0.3) is 0 Å². The lowest BCUT2D eigenvalue weighted by Gasteiger charge is -2.34. The number of aromatic nitrogens is 4. The van der Waals surface area contributed by atoms with Crippen LogP contribution in [0.4, 0.5) is 0 Å². The zero-order chi connectivity index (χ0) is 90.9. The average Bonchev–Trinajstić information content (AvgIpc) is 1.51. The van der Waals surface area contributed by atoms with Crippen molar-refractivity contribution >= 4 is 87.2 Å². The molecule has 0 saturated heterocycles. The minimum Gasteiger partial charge on any atom is -0.309 e. The van der Waals surface area contributed by atoms with Gasteiger partial charge in [-0.3, -0.25) is 0 Å². The number of benzene rings is 22. The molecule has 4 heteroatoms. The van der Waals surface area contributed by atoms with Gasteiger partial charge in [0, 0.05) is 77.0 Å². The van der Waals surface area contributed by atoms with E-state index in [-0.39, 0.29) is 0 Å². The topological polar surface area (TPSA) is 19.7 Å². The zero-order valence-electron chi connectivity index (χ0n) is 75.6. The Morgan fingerprint density at radius 3 is 0.783 bits per heavy atom. The molecular formula is C134H88N4. The Balaban J connectivity index is 0.000000139. The Morgan fingerprint density at radius 2 is 0.399 bits per heavy atom. The molecule has 4 heterocycles. The van der Waals surface area contributed by atoms with Crippen LogP contribution in [0, 0.1) is 0 Å². The highest BCUT2D eigenvalue weighted by Crippen LogP contribution is 2.62. The van der Waals surface area contributed by atoms with Gasteiger partial charge in [-0.1, -0.05) is 425 Å². The van der Waals surface area contributed by atoms with E-state index in [1.165, 1.54) is 221 Å². The molecule has 0 amide bonds. The summed E-state index contributed by atoms with van der Waals surface area (Å²) in [5, 5.41) is 9.89. The van der Waals surface area contributed by atoms with Gasteiger partial charge in [0.05, 0.1) is 55.0 Å². The van der Waals surface area contributed by atoms with Gasteiger partial charge in [0.1, 0.15) is 0 Å². The van der Waals surface area contributed by atoms with E-state index in [4.69, 9.17) is 0 Å². The van der Waals surface area contributed by atoms with E-state index in [2.05, 4.69) is 552 Å². The fraction of sp³-hybridized carbons (Fsp3) is 0.0149. The number of para-hydroxylation sites is 2. The second kappa shape index (κ2) is 32.5. The van der Waals surface area contributed by atoms with E-state index >= 15 is 0 Å². The van der Waals surface area contributed by atoms with Crippen molar-refractivity contribution in [2.75, 3.05) is 0 Å². The van der Waals surface area contributed by atoms with E-state index in [1.807, 2.05) is 0 Å². The molecule has 0 fully saturated rings. The third-order valence-corrected chi connectivity index (χ3v) is 29.6. The Kier molecular flexibility index (Phi) is 18.8. The highest BCUT2D eigenvalue weighted by atomic mass is 15.0. The molecule has 0 bridgehead atoms. The molecule has 644 valence electrons. The smallest absolute Gasteiger partial charge is 0.0734 e. The van der Waals surface area contributed by atoms with Crippen molar-refractivity contribution in [3.8, 4) is 112 Å². The van der Waals surface area contributed by atoms with Crippen LogP contribution in [0.2, 0.25) is 0 Å². The number of fused-ring (bicyclic) bond motifs is 20. The molecule has 0 aliphatic heterocycles. The highest BCUT2D eigenvalue weighted by molar-refractivity contribution is 6.19. The van der Waals surface area contributed by atoms with Gasteiger partial charge in [-0.05, 0) is 232 Å². The van der Waals surface area contributed by atoms with Gasteiger partial charge < -0.3 is 18.3 Å². The maximum absolute atomic E-state index is 2.55. The second-order valence-electron chi connectivity index (χ2n) is 36.8. The summed E-state index contributed by atoms with van der Waals surface area (Å²) in [6.45, 7) is 0. The lowest BCUT2D eigenvalue weighted by atomic mass is 9.67. The van der Waals surface area contributed by atoms with E-state index in [1.54, 1.807) is 0 Å². The first kappa shape index (κ1) is 79.8. The Bertz CT molecular complexity index is 9140. The highest BCUT2D eigenvalue weighted by Gasteiger charge is 2.50. The van der Waals surface area contributed by atoms with Crippen LogP contribution in [0.1, 0.15) is 44.5 Å². The summed E-state index contributed by atoms with van der Waals surface area (Å²) in [6, 6.07) is 197. The summed E-state index contributed by atoms with van der Waals surface area (Å²) in [7, 11) is 0. The van der Waals surface area contributed by atoms with Crippen molar-refractivity contribution in [3.05, 3.63) is 578 Å². The largest absolute Gasteiger partial charge is 0.309 e. The average molecular weight is 1750 g/mol. The first-order valence-electron chi connectivity index (χ1n) is 47.8. The third-order valence-electron chi connectivity index (χ3n) is 29.6. The molecule has 0 radical (unpaired) electrons. The van der Waals surface area contributed by atoms with E-state index in [0.717, 1.165) is 22.7 Å². The van der Waals surface area contributed by atoms with Gasteiger partial charge in [0.2, 0.25) is 0 Å². The van der Waals surface area contributed by atoms with Crippen molar-refractivity contribution in [2.45, 2.75) is 10.8 Å². The quantitative estimate of drug-likeness (QED) is 0.103. The molecule has 0 saturated carbocycles. The van der Waals surface area contributed by atoms with E-state index in [0.29, 0.717) is 0 Å². The first-order valence-corrected chi connectivity index (χ1v) is 47.8. The molecule has 138 heavy (non-hydrogen) atoms. The minimum absolute atomic E-state index is 0.509. The summed E-state index contributed by atoms with van der Waals surface area (Å²) in [5.74, 6) is 0. The van der Waals surface area contributed by atoms with Gasteiger partial charge >= 0.3 is 0 Å². The van der Waals surface area contributed by atoms with Crippen LogP contribution in [-0.2, 0) is 10.8 Å². The van der Waals surface area contributed by atoms with Gasteiger partial charge in [0.15, 0.2) is 0 Å². The molecule has 2 aliphatic rings. The third kappa shape index (κ3) is 12.5. The fourth-order valence-corrected chi connectivity index (χ4v) is 23.6. The molecule has 0 unspecified atom stereocenters. The summed E-state index contributed by atoms with van der Waals surface area (Å²) in [5.41, 5.74) is 42.9. The van der Waals surface area contributed by atoms with E-state index < -0.39 is 10.8 Å². The van der Waals surface area contributed by atoms with Crippen molar-refractivity contribution in [2.24, 2.45) is 0 Å². The number of nitrogens with zero attached hydrogens (tertiary/aromatic N) is 4.